The Bertz CT molecular complexity index is 493. The number of carbonyl (C=O) groups excluding carboxylic acids is 1. The van der Waals surface area contributed by atoms with Crippen LogP contribution in [0, 0.1) is 0 Å². The van der Waals surface area contributed by atoms with Crippen molar-refractivity contribution >= 4 is 16.0 Å². The first-order valence-corrected chi connectivity index (χ1v) is 6.69. The number of nitrogens with one attached hydrogen (secondary N) is 1. The van der Waals surface area contributed by atoms with Crippen molar-refractivity contribution in [1.29, 1.82) is 0 Å². The van der Waals surface area contributed by atoms with E-state index < -0.39 is 16.0 Å². The predicted molar refractivity (Wildman–Crippen MR) is 60.8 cm³/mol. The highest BCUT2D eigenvalue weighted by molar-refractivity contribution is 7.89. The molecule has 0 aliphatic rings. The van der Waals surface area contributed by atoms with E-state index in [4.69, 9.17) is 0 Å². The largest absolute Gasteiger partial charge is 0.545 e. The van der Waals surface area contributed by atoms with E-state index in [-0.39, 0.29) is 16.5 Å². The van der Waals surface area contributed by atoms with Crippen LogP contribution >= 0.6 is 0 Å². The van der Waals surface area contributed by atoms with Crippen LogP contribution in [0.25, 0.3) is 0 Å². The molecule has 0 saturated heterocycles. The third kappa shape index (κ3) is 3.54. The number of aromatic carboxylic acids is 1. The van der Waals surface area contributed by atoms with Crippen LogP contribution in [-0.4, -0.2) is 20.4 Å². The second kappa shape index (κ2) is 5.29. The third-order valence-electron chi connectivity index (χ3n) is 2.37. The van der Waals surface area contributed by atoms with Crippen LogP contribution in [-0.2, 0) is 10.0 Å². The Morgan fingerprint density at radius 3 is 2.29 bits per heavy atom. The van der Waals surface area contributed by atoms with Gasteiger partial charge in [-0.1, -0.05) is 19.1 Å². The molecule has 1 aromatic carbocycles. The van der Waals surface area contributed by atoms with Gasteiger partial charge in [0.15, 0.2) is 0 Å². The van der Waals surface area contributed by atoms with Crippen molar-refractivity contribution in [3.63, 3.8) is 0 Å². The number of rotatable bonds is 5. The Morgan fingerprint density at radius 2 is 1.88 bits per heavy atom. The fourth-order valence-corrected chi connectivity index (χ4v) is 2.51. The zero-order chi connectivity index (χ0) is 13.1. The molecule has 0 unspecified atom stereocenters. The lowest BCUT2D eigenvalue weighted by Crippen LogP contribution is -2.32. The summed E-state index contributed by atoms with van der Waals surface area (Å²) in [5.74, 6) is -1.33. The van der Waals surface area contributed by atoms with Crippen molar-refractivity contribution in [3.8, 4) is 0 Å². The number of carboxylic acid groups (broad SMARTS) is 1. The van der Waals surface area contributed by atoms with Gasteiger partial charge in [0.1, 0.15) is 0 Å². The van der Waals surface area contributed by atoms with Crippen LogP contribution in [0.15, 0.2) is 29.2 Å². The molecule has 17 heavy (non-hydrogen) atoms. The molecular weight excluding hydrogens is 242 g/mol. The van der Waals surface area contributed by atoms with Crippen LogP contribution in [0.1, 0.15) is 30.6 Å². The first kappa shape index (κ1) is 13.7. The van der Waals surface area contributed by atoms with Crippen molar-refractivity contribution in [2.75, 3.05) is 0 Å². The quantitative estimate of drug-likeness (QED) is 0.811. The van der Waals surface area contributed by atoms with Crippen molar-refractivity contribution < 1.29 is 18.3 Å². The maximum atomic E-state index is 11.8. The van der Waals surface area contributed by atoms with Gasteiger partial charge < -0.3 is 9.90 Å². The number of carbonyl (C=O) groups is 1. The molecule has 6 heteroatoms. The molecule has 0 radical (unpaired) electrons. The topological polar surface area (TPSA) is 86.3 Å². The number of carboxylic acids is 1. The summed E-state index contributed by atoms with van der Waals surface area (Å²) >= 11 is 0. The smallest absolute Gasteiger partial charge is 0.240 e. The lowest BCUT2D eigenvalue weighted by atomic mass is 10.2. The highest BCUT2D eigenvalue weighted by Crippen LogP contribution is 2.11. The normalized spacial score (nSPS) is 13.3. The maximum absolute atomic E-state index is 11.8. The van der Waals surface area contributed by atoms with Crippen LogP contribution in [0.5, 0.6) is 0 Å². The molecule has 0 aliphatic heterocycles. The van der Waals surface area contributed by atoms with E-state index in [0.29, 0.717) is 6.42 Å². The van der Waals surface area contributed by atoms with Gasteiger partial charge in [0.2, 0.25) is 10.0 Å². The highest BCUT2D eigenvalue weighted by atomic mass is 32.2. The van der Waals surface area contributed by atoms with E-state index in [9.17, 15) is 18.3 Å². The summed E-state index contributed by atoms with van der Waals surface area (Å²) in [5, 5.41) is 10.5. The predicted octanol–water partition coefficient (Wildman–Crippen LogP) is 0.127. The number of hydrogen-bond acceptors (Lipinski definition) is 4. The van der Waals surface area contributed by atoms with Crippen LogP contribution in [0.2, 0.25) is 0 Å². The van der Waals surface area contributed by atoms with Crippen molar-refractivity contribution in [1.82, 2.24) is 4.72 Å². The first-order valence-electron chi connectivity index (χ1n) is 5.20. The number of benzene rings is 1. The van der Waals surface area contributed by atoms with Gasteiger partial charge in [-0.25, -0.2) is 13.1 Å². The Labute approximate surface area is 101 Å². The third-order valence-corrected chi connectivity index (χ3v) is 3.97. The molecule has 0 spiro atoms. The van der Waals surface area contributed by atoms with E-state index in [1.165, 1.54) is 24.3 Å². The standard InChI is InChI=1S/C11H15NO4S/c1-3-8(2)12-17(15,16)10-6-4-9(5-7-10)11(13)14/h4-8,12H,3H2,1-2H3,(H,13,14)/p-1/t8-/m0/s1. The second-order valence-electron chi connectivity index (χ2n) is 3.74. The maximum Gasteiger partial charge on any atom is 0.240 e. The molecule has 0 fully saturated rings. The molecule has 1 aromatic rings. The van der Waals surface area contributed by atoms with E-state index in [0.717, 1.165) is 0 Å². The molecule has 94 valence electrons. The van der Waals surface area contributed by atoms with Gasteiger partial charge in [-0.3, -0.25) is 0 Å². The molecule has 0 amide bonds. The minimum atomic E-state index is -3.58. The Balaban J connectivity index is 2.96. The molecule has 1 atom stereocenters. The van der Waals surface area contributed by atoms with Gasteiger partial charge in [-0.2, -0.15) is 0 Å². The van der Waals surface area contributed by atoms with Gasteiger partial charge in [-0.05, 0) is 31.0 Å². The average molecular weight is 256 g/mol. The minimum Gasteiger partial charge on any atom is -0.545 e. The van der Waals surface area contributed by atoms with Crippen molar-refractivity contribution in [3.05, 3.63) is 29.8 Å². The van der Waals surface area contributed by atoms with E-state index in [1.807, 2.05) is 6.92 Å². The lowest BCUT2D eigenvalue weighted by Gasteiger charge is -2.12. The average Bonchev–Trinajstić information content (AvgIpc) is 2.28. The molecular formula is C11H14NO4S-. The molecule has 1 N–H and O–H groups in total. The fraction of sp³-hybridized carbons (Fsp3) is 0.364. The SMILES string of the molecule is CC[C@H](C)NS(=O)(=O)c1ccc(C(=O)[O-])cc1. The summed E-state index contributed by atoms with van der Waals surface area (Å²) in [5.41, 5.74) is -0.0486. The van der Waals surface area contributed by atoms with Gasteiger partial charge in [0.25, 0.3) is 0 Å². The lowest BCUT2D eigenvalue weighted by molar-refractivity contribution is -0.255. The van der Waals surface area contributed by atoms with Crippen molar-refractivity contribution in [2.24, 2.45) is 0 Å². The zero-order valence-electron chi connectivity index (χ0n) is 9.64. The number of hydrogen-bond donors (Lipinski definition) is 1. The molecule has 1 rings (SSSR count). The second-order valence-corrected chi connectivity index (χ2v) is 5.46. The summed E-state index contributed by atoms with van der Waals surface area (Å²) in [6.45, 7) is 3.62. The summed E-state index contributed by atoms with van der Waals surface area (Å²) in [6, 6.07) is 4.74. The van der Waals surface area contributed by atoms with Crippen molar-refractivity contribution in [2.45, 2.75) is 31.2 Å². The van der Waals surface area contributed by atoms with Gasteiger partial charge in [0, 0.05) is 6.04 Å². The van der Waals surface area contributed by atoms with Crippen LogP contribution < -0.4 is 9.83 Å². The van der Waals surface area contributed by atoms with E-state index >= 15 is 0 Å². The molecule has 0 heterocycles. The van der Waals surface area contributed by atoms with Crippen LogP contribution in [0.4, 0.5) is 0 Å². The summed E-state index contributed by atoms with van der Waals surface area (Å²) in [4.78, 5) is 10.6. The molecule has 5 nitrogen and oxygen atoms in total. The van der Waals surface area contributed by atoms with Gasteiger partial charge >= 0.3 is 0 Å². The van der Waals surface area contributed by atoms with E-state index in [1.54, 1.807) is 6.92 Å². The summed E-state index contributed by atoms with van der Waals surface area (Å²) < 4.78 is 26.1. The molecule has 0 aliphatic carbocycles. The number of sulfonamides is 1. The van der Waals surface area contributed by atoms with E-state index in [2.05, 4.69) is 4.72 Å². The van der Waals surface area contributed by atoms with Gasteiger partial charge in [-0.15, -0.1) is 0 Å². The first-order chi connectivity index (χ1) is 7.86. The zero-order valence-corrected chi connectivity index (χ0v) is 10.5. The highest BCUT2D eigenvalue weighted by Gasteiger charge is 2.15. The van der Waals surface area contributed by atoms with Crippen LogP contribution in [0.3, 0.4) is 0 Å². The monoisotopic (exact) mass is 256 g/mol. The summed E-state index contributed by atoms with van der Waals surface area (Å²) in [7, 11) is -3.58. The Morgan fingerprint density at radius 1 is 1.35 bits per heavy atom. The molecule has 0 aromatic heterocycles. The molecule has 0 bridgehead atoms. The fourth-order valence-electron chi connectivity index (χ4n) is 1.19. The Hall–Kier alpha value is -1.40. The summed E-state index contributed by atoms with van der Waals surface area (Å²) in [6.07, 6.45) is 0.677. The molecule has 0 saturated carbocycles. The Kier molecular flexibility index (Phi) is 4.25. The minimum absolute atomic E-state index is 0.0443. The van der Waals surface area contributed by atoms with Gasteiger partial charge in [0.05, 0.1) is 10.9 Å².